The lowest BCUT2D eigenvalue weighted by Gasteiger charge is -2.10. The molecule has 1 N–H and O–H groups in total. The first-order valence-electron chi connectivity index (χ1n) is 4.81. The zero-order valence-corrected chi connectivity index (χ0v) is 8.34. The summed E-state index contributed by atoms with van der Waals surface area (Å²) in [6.07, 6.45) is 0.398. The van der Waals surface area contributed by atoms with Gasteiger partial charge in [0.15, 0.2) is 0 Å². The first-order valence-corrected chi connectivity index (χ1v) is 4.81. The fourth-order valence-corrected chi connectivity index (χ4v) is 1.87. The minimum atomic E-state index is -0.956. The van der Waals surface area contributed by atoms with Crippen LogP contribution in [-0.4, -0.2) is 17.3 Å². The van der Waals surface area contributed by atoms with E-state index in [1.165, 1.54) is 17.7 Å². The molecule has 1 aromatic rings. The van der Waals surface area contributed by atoms with E-state index in [1.807, 2.05) is 0 Å². The van der Waals surface area contributed by atoms with E-state index < -0.39 is 12.0 Å². The summed E-state index contributed by atoms with van der Waals surface area (Å²) in [6, 6.07) is 0.812. The molecule has 2 rings (SSSR count). The Bertz CT molecular complexity index is 430. The van der Waals surface area contributed by atoms with Crippen molar-refractivity contribution in [2.75, 3.05) is 6.54 Å². The van der Waals surface area contributed by atoms with Crippen LogP contribution in [0, 0.1) is 5.82 Å². The van der Waals surface area contributed by atoms with Crippen LogP contribution in [0.4, 0.5) is 8.78 Å². The molecule has 15 heavy (non-hydrogen) atoms. The first kappa shape index (κ1) is 10.3. The third-order valence-corrected chi connectivity index (χ3v) is 2.63. The van der Waals surface area contributed by atoms with Gasteiger partial charge >= 0.3 is 0 Å². The minimum absolute atomic E-state index is 0.227. The maximum Gasteiger partial charge on any atom is 0.255 e. The Morgan fingerprint density at radius 1 is 1.60 bits per heavy atom. The average Bonchev–Trinajstić information content (AvgIpc) is 2.58. The fraction of sp³-hybridized carbons (Fsp3) is 0.500. The molecule has 1 aromatic heterocycles. The molecule has 2 atom stereocenters. The van der Waals surface area contributed by atoms with Crippen molar-refractivity contribution in [2.24, 2.45) is 7.05 Å². The van der Waals surface area contributed by atoms with Crippen LogP contribution in [0.25, 0.3) is 0 Å². The lowest BCUT2D eigenvalue weighted by atomic mass is 10.1. The molecule has 0 aliphatic carbocycles. The lowest BCUT2D eigenvalue weighted by Crippen LogP contribution is -2.27. The van der Waals surface area contributed by atoms with Gasteiger partial charge in [-0.15, -0.1) is 0 Å². The fourth-order valence-electron chi connectivity index (χ4n) is 1.87. The number of aromatic nitrogens is 1. The molecule has 0 radical (unpaired) electrons. The number of halogens is 2. The first-order chi connectivity index (χ1) is 7.08. The van der Waals surface area contributed by atoms with Gasteiger partial charge in [-0.2, -0.15) is 0 Å². The highest BCUT2D eigenvalue weighted by Crippen LogP contribution is 2.22. The number of nitrogens with one attached hydrogen (secondary N) is 1. The topological polar surface area (TPSA) is 34.0 Å². The average molecular weight is 214 g/mol. The molecular weight excluding hydrogens is 202 g/mol. The Kier molecular flexibility index (Phi) is 2.56. The number of nitrogens with zero attached hydrogens (tertiary/aromatic N) is 1. The van der Waals surface area contributed by atoms with Gasteiger partial charge in [0, 0.05) is 31.4 Å². The zero-order chi connectivity index (χ0) is 11.0. The van der Waals surface area contributed by atoms with Crippen LogP contribution in [0.15, 0.2) is 17.1 Å². The number of hydrogen-bond donors (Lipinski definition) is 1. The molecule has 1 aliphatic rings. The van der Waals surface area contributed by atoms with Crippen LogP contribution in [0.5, 0.6) is 0 Å². The van der Waals surface area contributed by atoms with Crippen LogP contribution in [0.1, 0.15) is 18.0 Å². The highest BCUT2D eigenvalue weighted by Gasteiger charge is 2.27. The van der Waals surface area contributed by atoms with Gasteiger partial charge in [-0.25, -0.2) is 8.78 Å². The van der Waals surface area contributed by atoms with Gasteiger partial charge in [-0.1, -0.05) is 0 Å². The highest BCUT2D eigenvalue weighted by molar-refractivity contribution is 5.18. The summed E-state index contributed by atoms with van der Waals surface area (Å²) < 4.78 is 27.2. The Morgan fingerprint density at radius 2 is 2.33 bits per heavy atom. The third kappa shape index (κ3) is 1.92. The van der Waals surface area contributed by atoms with E-state index in [0.29, 0.717) is 5.56 Å². The second kappa shape index (κ2) is 3.73. The predicted octanol–water partition coefficient (Wildman–Crippen LogP) is 0.897. The van der Waals surface area contributed by atoms with E-state index in [2.05, 4.69) is 5.32 Å². The van der Waals surface area contributed by atoms with Gasteiger partial charge in [-0.3, -0.25) is 4.79 Å². The highest BCUT2D eigenvalue weighted by atomic mass is 19.1. The molecule has 5 heteroatoms. The summed E-state index contributed by atoms with van der Waals surface area (Å²) in [5.41, 5.74) is 0.0284. The molecule has 0 unspecified atom stereocenters. The summed E-state index contributed by atoms with van der Waals surface area (Å²) in [4.78, 5) is 11.6. The second-order valence-corrected chi connectivity index (χ2v) is 3.82. The minimum Gasteiger partial charge on any atom is -0.315 e. The predicted molar refractivity (Wildman–Crippen MR) is 51.9 cm³/mol. The van der Waals surface area contributed by atoms with Crippen LogP contribution in [-0.2, 0) is 7.05 Å². The van der Waals surface area contributed by atoms with Gasteiger partial charge in [-0.05, 0) is 12.5 Å². The van der Waals surface area contributed by atoms with Gasteiger partial charge in [0.25, 0.3) is 5.56 Å². The zero-order valence-electron chi connectivity index (χ0n) is 8.34. The molecule has 0 aromatic carbocycles. The van der Waals surface area contributed by atoms with Crippen LogP contribution in [0.2, 0.25) is 0 Å². The van der Waals surface area contributed by atoms with Gasteiger partial charge in [0.05, 0.1) is 0 Å². The lowest BCUT2D eigenvalue weighted by molar-refractivity contribution is 0.355. The van der Waals surface area contributed by atoms with E-state index in [0.717, 1.165) is 6.20 Å². The smallest absolute Gasteiger partial charge is 0.255 e. The van der Waals surface area contributed by atoms with Crippen molar-refractivity contribution in [3.63, 3.8) is 0 Å². The number of alkyl halides is 1. The Morgan fingerprint density at radius 3 is 2.93 bits per heavy atom. The van der Waals surface area contributed by atoms with E-state index in [9.17, 15) is 13.6 Å². The molecular formula is C10H12F2N2O. The third-order valence-electron chi connectivity index (χ3n) is 2.63. The van der Waals surface area contributed by atoms with Crippen molar-refractivity contribution in [3.05, 3.63) is 34.0 Å². The summed E-state index contributed by atoms with van der Waals surface area (Å²) in [5.74, 6) is -0.476. The van der Waals surface area contributed by atoms with Crippen LogP contribution < -0.4 is 10.9 Å². The number of pyridine rings is 1. The molecule has 0 bridgehead atoms. The van der Waals surface area contributed by atoms with Crippen LogP contribution in [0.3, 0.4) is 0 Å². The van der Waals surface area contributed by atoms with Gasteiger partial charge in [0.1, 0.15) is 12.0 Å². The Hall–Kier alpha value is -1.23. The standard InChI is InChI=1S/C10H12F2N2O/c1-14-5-7(12)2-8(10(14)15)9-3-6(11)4-13-9/h2,5-6,9,13H,3-4H2,1H3/t6-,9+/m0/s1. The van der Waals surface area contributed by atoms with Crippen molar-refractivity contribution in [3.8, 4) is 0 Å². The summed E-state index contributed by atoms with van der Waals surface area (Å²) in [7, 11) is 1.48. The number of rotatable bonds is 1. The molecule has 0 saturated carbocycles. The molecule has 1 aliphatic heterocycles. The normalized spacial score (nSPS) is 25.8. The SMILES string of the molecule is Cn1cc(F)cc([C@H]2C[C@H](F)CN2)c1=O. The molecule has 1 fully saturated rings. The Labute approximate surface area is 85.7 Å². The molecule has 0 spiro atoms. The monoisotopic (exact) mass is 214 g/mol. The van der Waals surface area contributed by atoms with Crippen molar-refractivity contribution in [1.29, 1.82) is 0 Å². The maximum atomic E-state index is 13.1. The summed E-state index contributed by atoms with van der Waals surface area (Å²) in [6.45, 7) is 0.227. The van der Waals surface area contributed by atoms with E-state index in [1.54, 1.807) is 0 Å². The van der Waals surface area contributed by atoms with E-state index in [4.69, 9.17) is 0 Å². The molecule has 2 heterocycles. The van der Waals surface area contributed by atoms with Crippen LogP contribution >= 0.6 is 0 Å². The summed E-state index contributed by atoms with van der Waals surface area (Å²) >= 11 is 0. The number of hydrogen-bond acceptors (Lipinski definition) is 2. The van der Waals surface area contributed by atoms with E-state index in [-0.39, 0.29) is 24.6 Å². The van der Waals surface area contributed by atoms with Crippen molar-refractivity contribution < 1.29 is 8.78 Å². The molecule has 1 saturated heterocycles. The number of aryl methyl sites for hydroxylation is 1. The van der Waals surface area contributed by atoms with Gasteiger partial charge < -0.3 is 9.88 Å². The Balaban J connectivity index is 2.40. The van der Waals surface area contributed by atoms with Crippen molar-refractivity contribution in [1.82, 2.24) is 9.88 Å². The van der Waals surface area contributed by atoms with Gasteiger partial charge in [0.2, 0.25) is 0 Å². The second-order valence-electron chi connectivity index (χ2n) is 3.82. The van der Waals surface area contributed by atoms with Crippen molar-refractivity contribution in [2.45, 2.75) is 18.6 Å². The quantitative estimate of drug-likeness (QED) is 0.753. The molecule has 3 nitrogen and oxygen atoms in total. The molecule has 0 amide bonds. The summed E-state index contributed by atoms with van der Waals surface area (Å²) in [5, 5.41) is 2.86. The van der Waals surface area contributed by atoms with E-state index >= 15 is 0 Å². The van der Waals surface area contributed by atoms with Crippen molar-refractivity contribution >= 4 is 0 Å². The largest absolute Gasteiger partial charge is 0.315 e. The maximum absolute atomic E-state index is 13.1. The molecule has 82 valence electrons.